The number of rotatable bonds is 10. The summed E-state index contributed by atoms with van der Waals surface area (Å²) in [4.78, 5) is 14.6. The van der Waals surface area contributed by atoms with Crippen molar-refractivity contribution in [3.05, 3.63) is 12.2 Å². The van der Waals surface area contributed by atoms with Crippen LogP contribution in [-0.2, 0) is 4.79 Å². The van der Waals surface area contributed by atoms with Crippen LogP contribution in [0.4, 0.5) is 0 Å². The highest BCUT2D eigenvalue weighted by molar-refractivity contribution is 5.76. The van der Waals surface area contributed by atoms with E-state index in [1.54, 1.807) is 0 Å². The Morgan fingerprint density at radius 2 is 1.65 bits per heavy atom. The molecule has 1 saturated heterocycles. The molecule has 2 unspecified atom stereocenters. The highest BCUT2D eigenvalue weighted by Gasteiger charge is 2.24. The first-order valence-corrected chi connectivity index (χ1v) is 10.1. The molecule has 0 radical (unpaired) electrons. The third kappa shape index (κ3) is 9.17. The number of hydrogen-bond acceptors (Lipinski definition) is 1. The number of carbonyl (C=O) groups excluding carboxylic acids is 1. The molecule has 1 heterocycles. The molecule has 1 fully saturated rings. The summed E-state index contributed by atoms with van der Waals surface area (Å²) < 4.78 is 0. The summed E-state index contributed by atoms with van der Waals surface area (Å²) in [5.74, 6) is 1.07. The van der Waals surface area contributed by atoms with Crippen LogP contribution in [0.15, 0.2) is 12.2 Å². The van der Waals surface area contributed by atoms with Crippen molar-refractivity contribution in [2.75, 3.05) is 6.54 Å². The average molecular weight is 322 g/mol. The van der Waals surface area contributed by atoms with E-state index in [0.29, 0.717) is 17.9 Å². The maximum absolute atomic E-state index is 12.5. The lowest BCUT2D eigenvalue weighted by atomic mass is 10.1. The second kappa shape index (κ2) is 12.6. The smallest absolute Gasteiger partial charge is 0.222 e. The Hall–Kier alpha value is -0.790. The zero-order valence-corrected chi connectivity index (χ0v) is 15.9. The van der Waals surface area contributed by atoms with E-state index >= 15 is 0 Å². The highest BCUT2D eigenvalue weighted by Crippen LogP contribution is 2.22. The first kappa shape index (κ1) is 20.3. The molecule has 1 aliphatic rings. The molecular weight excluding hydrogens is 282 g/mol. The molecule has 1 rings (SSSR count). The number of amides is 1. The predicted octanol–water partition coefficient (Wildman–Crippen LogP) is 6.11. The van der Waals surface area contributed by atoms with E-state index in [1.165, 1.54) is 64.2 Å². The van der Waals surface area contributed by atoms with Gasteiger partial charge in [-0.15, -0.1) is 0 Å². The van der Waals surface area contributed by atoms with Gasteiger partial charge in [0, 0.05) is 19.0 Å². The van der Waals surface area contributed by atoms with E-state index in [9.17, 15) is 4.79 Å². The number of hydrogen-bond donors (Lipinski definition) is 0. The molecule has 1 amide bonds. The lowest BCUT2D eigenvalue weighted by Crippen LogP contribution is -2.39. The molecule has 0 saturated carbocycles. The lowest BCUT2D eigenvalue weighted by molar-refractivity contribution is -0.133. The summed E-state index contributed by atoms with van der Waals surface area (Å²) in [5.41, 5.74) is 0. The summed E-state index contributed by atoms with van der Waals surface area (Å²) in [6.07, 6.45) is 19.1. The Balaban J connectivity index is 2.05. The second-order valence-corrected chi connectivity index (χ2v) is 7.51. The predicted molar refractivity (Wildman–Crippen MR) is 101 cm³/mol. The van der Waals surface area contributed by atoms with Crippen LogP contribution in [0.3, 0.4) is 0 Å². The summed E-state index contributed by atoms with van der Waals surface area (Å²) in [6, 6.07) is 0.449. The van der Waals surface area contributed by atoms with Crippen molar-refractivity contribution in [2.45, 2.75) is 104 Å². The van der Waals surface area contributed by atoms with Crippen LogP contribution in [0.2, 0.25) is 0 Å². The fourth-order valence-corrected chi connectivity index (χ4v) is 3.60. The van der Waals surface area contributed by atoms with Gasteiger partial charge in [0.05, 0.1) is 0 Å². The fraction of sp³-hybridized carbons (Fsp3) is 0.857. The van der Waals surface area contributed by atoms with Crippen molar-refractivity contribution in [1.82, 2.24) is 4.90 Å². The Labute approximate surface area is 144 Å². The summed E-state index contributed by atoms with van der Waals surface area (Å²) in [5, 5.41) is 0. The Kier molecular flexibility index (Phi) is 11.1. The lowest BCUT2D eigenvalue weighted by Gasteiger charge is -2.28. The molecule has 2 atom stereocenters. The van der Waals surface area contributed by atoms with Gasteiger partial charge in [0.1, 0.15) is 0 Å². The molecule has 2 heteroatoms. The number of likely N-dealkylation sites (tertiary alicyclic amines) is 1. The van der Waals surface area contributed by atoms with Gasteiger partial charge in [-0.3, -0.25) is 4.79 Å². The van der Waals surface area contributed by atoms with E-state index in [2.05, 4.69) is 37.8 Å². The van der Waals surface area contributed by atoms with Gasteiger partial charge >= 0.3 is 0 Å². The monoisotopic (exact) mass is 321 g/mol. The first-order valence-electron chi connectivity index (χ1n) is 10.1. The maximum Gasteiger partial charge on any atom is 0.222 e. The largest absolute Gasteiger partial charge is 0.340 e. The van der Waals surface area contributed by atoms with Crippen LogP contribution in [-0.4, -0.2) is 23.4 Å². The molecular formula is C21H39NO. The molecule has 0 aromatic rings. The Morgan fingerprint density at radius 3 is 2.35 bits per heavy atom. The molecule has 134 valence electrons. The fourth-order valence-electron chi connectivity index (χ4n) is 3.60. The van der Waals surface area contributed by atoms with E-state index in [-0.39, 0.29) is 0 Å². The van der Waals surface area contributed by atoms with Gasteiger partial charge in [-0.2, -0.15) is 0 Å². The van der Waals surface area contributed by atoms with Gasteiger partial charge < -0.3 is 4.90 Å². The van der Waals surface area contributed by atoms with Gasteiger partial charge in [-0.25, -0.2) is 0 Å². The maximum atomic E-state index is 12.5. The zero-order valence-electron chi connectivity index (χ0n) is 15.9. The average Bonchev–Trinajstić information content (AvgIpc) is 2.70. The number of carbonyl (C=O) groups is 1. The first-order chi connectivity index (χ1) is 11.1. The SMILES string of the molecule is C/C=C/CCCCCCCCCC(=O)N1CC(C)CCCC1C. The standard InChI is InChI=1S/C21H39NO/c1-4-5-6-7-8-9-10-11-12-13-17-21(23)22-18-19(2)15-14-16-20(22)3/h4-5,19-20H,6-18H2,1-3H3/b5-4+. The topological polar surface area (TPSA) is 20.3 Å². The third-order valence-corrected chi connectivity index (χ3v) is 5.18. The second-order valence-electron chi connectivity index (χ2n) is 7.51. The zero-order chi connectivity index (χ0) is 16.9. The van der Waals surface area contributed by atoms with Crippen molar-refractivity contribution in [1.29, 1.82) is 0 Å². The van der Waals surface area contributed by atoms with Crippen LogP contribution < -0.4 is 0 Å². The van der Waals surface area contributed by atoms with Crippen molar-refractivity contribution >= 4 is 5.91 Å². The van der Waals surface area contributed by atoms with Crippen molar-refractivity contribution in [3.8, 4) is 0 Å². The summed E-state index contributed by atoms with van der Waals surface area (Å²) in [6.45, 7) is 7.58. The molecule has 0 spiro atoms. The highest BCUT2D eigenvalue weighted by atomic mass is 16.2. The minimum atomic E-state index is 0.401. The molecule has 0 aliphatic carbocycles. The van der Waals surface area contributed by atoms with Crippen LogP contribution in [0.5, 0.6) is 0 Å². The number of allylic oxidation sites excluding steroid dienone is 2. The molecule has 23 heavy (non-hydrogen) atoms. The van der Waals surface area contributed by atoms with Crippen molar-refractivity contribution in [2.24, 2.45) is 5.92 Å². The van der Waals surface area contributed by atoms with Gasteiger partial charge in [0.2, 0.25) is 5.91 Å². The van der Waals surface area contributed by atoms with Crippen LogP contribution >= 0.6 is 0 Å². The third-order valence-electron chi connectivity index (χ3n) is 5.18. The molecule has 0 bridgehead atoms. The van der Waals surface area contributed by atoms with Crippen LogP contribution in [0, 0.1) is 5.92 Å². The Morgan fingerprint density at radius 1 is 1.00 bits per heavy atom. The molecule has 0 N–H and O–H groups in total. The van der Waals surface area contributed by atoms with E-state index in [1.807, 2.05) is 0 Å². The normalized spacial score (nSPS) is 22.5. The molecule has 0 aromatic carbocycles. The minimum Gasteiger partial charge on any atom is -0.340 e. The van der Waals surface area contributed by atoms with Gasteiger partial charge in [0.15, 0.2) is 0 Å². The number of unbranched alkanes of at least 4 members (excludes halogenated alkanes) is 7. The van der Waals surface area contributed by atoms with Crippen LogP contribution in [0.25, 0.3) is 0 Å². The van der Waals surface area contributed by atoms with Crippen molar-refractivity contribution < 1.29 is 4.79 Å². The van der Waals surface area contributed by atoms with Gasteiger partial charge in [0.25, 0.3) is 0 Å². The number of nitrogens with zero attached hydrogens (tertiary/aromatic N) is 1. The van der Waals surface area contributed by atoms with Crippen LogP contribution in [0.1, 0.15) is 97.8 Å². The Bertz CT molecular complexity index is 337. The molecule has 1 aliphatic heterocycles. The minimum absolute atomic E-state index is 0.401. The van der Waals surface area contributed by atoms with E-state index in [4.69, 9.17) is 0 Å². The molecule has 2 nitrogen and oxygen atoms in total. The van der Waals surface area contributed by atoms with Gasteiger partial charge in [-0.05, 0) is 51.9 Å². The summed E-state index contributed by atoms with van der Waals surface area (Å²) >= 11 is 0. The van der Waals surface area contributed by atoms with Gasteiger partial charge in [-0.1, -0.05) is 57.6 Å². The summed E-state index contributed by atoms with van der Waals surface area (Å²) in [7, 11) is 0. The van der Waals surface area contributed by atoms with E-state index in [0.717, 1.165) is 19.4 Å². The quantitative estimate of drug-likeness (QED) is 0.351. The molecule has 0 aromatic heterocycles. The van der Waals surface area contributed by atoms with E-state index < -0.39 is 0 Å². The van der Waals surface area contributed by atoms with Crippen molar-refractivity contribution in [3.63, 3.8) is 0 Å².